The van der Waals surface area contributed by atoms with Gasteiger partial charge in [-0.15, -0.1) is 0 Å². The standard InChI is InChI=1S/C9H18N2O/c1-7-2-5-11-8(7)12-6-9(10)3-4-9/h7-8,11H,2-6,10H2,1H3. The lowest BCUT2D eigenvalue weighted by Crippen LogP contribution is -2.36. The Morgan fingerprint density at radius 3 is 2.83 bits per heavy atom. The molecule has 2 fully saturated rings. The van der Waals surface area contributed by atoms with Crippen molar-refractivity contribution in [1.29, 1.82) is 0 Å². The Labute approximate surface area is 73.7 Å². The van der Waals surface area contributed by atoms with Crippen LogP contribution in [-0.4, -0.2) is 24.9 Å². The molecule has 3 N–H and O–H groups in total. The third kappa shape index (κ3) is 1.79. The summed E-state index contributed by atoms with van der Waals surface area (Å²) in [4.78, 5) is 0. The Bertz CT molecular complexity index is 168. The Morgan fingerprint density at radius 1 is 1.58 bits per heavy atom. The molecule has 1 saturated heterocycles. The summed E-state index contributed by atoms with van der Waals surface area (Å²) in [6.07, 6.45) is 3.75. The fourth-order valence-electron chi connectivity index (χ4n) is 1.59. The van der Waals surface area contributed by atoms with Gasteiger partial charge in [0.2, 0.25) is 0 Å². The molecule has 1 aliphatic carbocycles. The lowest BCUT2D eigenvalue weighted by Gasteiger charge is -2.19. The second-order valence-electron chi connectivity index (χ2n) is 4.31. The smallest absolute Gasteiger partial charge is 0.110 e. The van der Waals surface area contributed by atoms with Gasteiger partial charge in [0.1, 0.15) is 6.23 Å². The van der Waals surface area contributed by atoms with Gasteiger partial charge in [0.05, 0.1) is 6.61 Å². The molecule has 3 heteroatoms. The maximum Gasteiger partial charge on any atom is 0.110 e. The molecule has 1 heterocycles. The van der Waals surface area contributed by atoms with E-state index in [-0.39, 0.29) is 11.8 Å². The highest BCUT2D eigenvalue weighted by atomic mass is 16.5. The van der Waals surface area contributed by atoms with Crippen molar-refractivity contribution in [2.75, 3.05) is 13.2 Å². The Kier molecular flexibility index (Phi) is 2.10. The first-order valence-electron chi connectivity index (χ1n) is 4.83. The van der Waals surface area contributed by atoms with Crippen LogP contribution in [0.3, 0.4) is 0 Å². The topological polar surface area (TPSA) is 47.3 Å². The van der Waals surface area contributed by atoms with E-state index >= 15 is 0 Å². The second kappa shape index (κ2) is 2.98. The highest BCUT2D eigenvalue weighted by molar-refractivity contribution is 4.98. The van der Waals surface area contributed by atoms with Crippen LogP contribution >= 0.6 is 0 Å². The minimum atomic E-state index is 0.0317. The zero-order valence-electron chi connectivity index (χ0n) is 7.68. The maximum absolute atomic E-state index is 5.92. The average Bonchev–Trinajstić information content (AvgIpc) is 2.61. The molecule has 2 aliphatic rings. The number of hydrogen-bond donors (Lipinski definition) is 2. The van der Waals surface area contributed by atoms with Crippen LogP contribution in [0.15, 0.2) is 0 Å². The first kappa shape index (κ1) is 8.48. The van der Waals surface area contributed by atoms with Crippen LogP contribution in [0.5, 0.6) is 0 Å². The molecule has 0 spiro atoms. The quantitative estimate of drug-likeness (QED) is 0.646. The van der Waals surface area contributed by atoms with Crippen LogP contribution in [0.1, 0.15) is 26.2 Å². The van der Waals surface area contributed by atoms with Crippen LogP contribution < -0.4 is 11.1 Å². The largest absolute Gasteiger partial charge is 0.361 e. The number of nitrogens with one attached hydrogen (secondary N) is 1. The fraction of sp³-hybridized carbons (Fsp3) is 1.00. The molecular formula is C9H18N2O. The van der Waals surface area contributed by atoms with Gasteiger partial charge in [0, 0.05) is 5.54 Å². The van der Waals surface area contributed by atoms with Crippen LogP contribution in [0.4, 0.5) is 0 Å². The molecule has 2 atom stereocenters. The van der Waals surface area contributed by atoms with E-state index in [1.807, 2.05) is 0 Å². The minimum Gasteiger partial charge on any atom is -0.361 e. The van der Waals surface area contributed by atoms with E-state index in [1.54, 1.807) is 0 Å². The molecule has 1 aliphatic heterocycles. The summed E-state index contributed by atoms with van der Waals surface area (Å²) in [7, 11) is 0. The van der Waals surface area contributed by atoms with Gasteiger partial charge in [0.25, 0.3) is 0 Å². The summed E-state index contributed by atoms with van der Waals surface area (Å²) < 4.78 is 5.71. The molecule has 3 nitrogen and oxygen atoms in total. The third-order valence-electron chi connectivity index (χ3n) is 2.90. The molecule has 2 unspecified atom stereocenters. The van der Waals surface area contributed by atoms with E-state index in [9.17, 15) is 0 Å². The molecule has 12 heavy (non-hydrogen) atoms. The van der Waals surface area contributed by atoms with E-state index in [0.717, 1.165) is 26.0 Å². The minimum absolute atomic E-state index is 0.0317. The van der Waals surface area contributed by atoms with E-state index in [4.69, 9.17) is 10.5 Å². The zero-order chi connectivity index (χ0) is 8.60. The van der Waals surface area contributed by atoms with Crippen molar-refractivity contribution in [3.05, 3.63) is 0 Å². The van der Waals surface area contributed by atoms with Crippen molar-refractivity contribution in [1.82, 2.24) is 5.32 Å². The zero-order valence-corrected chi connectivity index (χ0v) is 7.68. The second-order valence-corrected chi connectivity index (χ2v) is 4.31. The summed E-state index contributed by atoms with van der Waals surface area (Å²) in [5, 5.41) is 3.33. The third-order valence-corrected chi connectivity index (χ3v) is 2.90. The predicted octanol–water partition coefficient (Wildman–Crippen LogP) is 0.450. The van der Waals surface area contributed by atoms with E-state index in [1.165, 1.54) is 6.42 Å². The summed E-state index contributed by atoms with van der Waals surface area (Å²) >= 11 is 0. The van der Waals surface area contributed by atoms with Gasteiger partial charge in [-0.1, -0.05) is 6.92 Å². The predicted molar refractivity (Wildman–Crippen MR) is 47.7 cm³/mol. The van der Waals surface area contributed by atoms with Gasteiger partial charge in [0.15, 0.2) is 0 Å². The van der Waals surface area contributed by atoms with Gasteiger partial charge < -0.3 is 10.5 Å². The summed E-state index contributed by atoms with van der Waals surface area (Å²) in [5.74, 6) is 0.646. The van der Waals surface area contributed by atoms with E-state index in [0.29, 0.717) is 5.92 Å². The van der Waals surface area contributed by atoms with E-state index < -0.39 is 0 Å². The molecular weight excluding hydrogens is 152 g/mol. The van der Waals surface area contributed by atoms with Crippen LogP contribution in [0.25, 0.3) is 0 Å². The summed E-state index contributed by atoms with van der Waals surface area (Å²) in [5.41, 5.74) is 5.95. The number of nitrogens with two attached hydrogens (primary N) is 1. The maximum atomic E-state index is 5.92. The molecule has 1 saturated carbocycles. The molecule has 0 amide bonds. The Morgan fingerprint density at radius 2 is 2.33 bits per heavy atom. The van der Waals surface area contributed by atoms with Crippen molar-refractivity contribution in [2.45, 2.75) is 38.0 Å². The highest BCUT2D eigenvalue weighted by Crippen LogP contribution is 2.33. The van der Waals surface area contributed by atoms with Crippen molar-refractivity contribution >= 4 is 0 Å². The van der Waals surface area contributed by atoms with Crippen molar-refractivity contribution in [3.8, 4) is 0 Å². The molecule has 0 aromatic heterocycles. The SMILES string of the molecule is CC1CCNC1OCC1(N)CC1. The highest BCUT2D eigenvalue weighted by Gasteiger charge is 2.39. The van der Waals surface area contributed by atoms with E-state index in [2.05, 4.69) is 12.2 Å². The van der Waals surface area contributed by atoms with Crippen molar-refractivity contribution < 1.29 is 4.74 Å². The van der Waals surface area contributed by atoms with Gasteiger partial charge in [-0.05, 0) is 31.7 Å². The monoisotopic (exact) mass is 170 g/mol. The van der Waals surface area contributed by atoms with Gasteiger partial charge in [-0.25, -0.2) is 0 Å². The lowest BCUT2D eigenvalue weighted by atomic mass is 10.1. The molecule has 0 bridgehead atoms. The van der Waals surface area contributed by atoms with Gasteiger partial charge >= 0.3 is 0 Å². The first-order chi connectivity index (χ1) is 5.70. The summed E-state index contributed by atoms with van der Waals surface area (Å²) in [6, 6.07) is 0. The summed E-state index contributed by atoms with van der Waals surface area (Å²) in [6.45, 7) is 4.04. The number of ether oxygens (including phenoxy) is 1. The van der Waals surface area contributed by atoms with Gasteiger partial charge in [-0.3, -0.25) is 5.32 Å². The van der Waals surface area contributed by atoms with Crippen molar-refractivity contribution in [2.24, 2.45) is 11.7 Å². The average molecular weight is 170 g/mol. The van der Waals surface area contributed by atoms with Gasteiger partial charge in [-0.2, -0.15) is 0 Å². The molecule has 2 rings (SSSR count). The lowest BCUT2D eigenvalue weighted by molar-refractivity contribution is 0.00697. The molecule has 0 aromatic carbocycles. The normalized spacial score (nSPS) is 38.5. The molecule has 0 aromatic rings. The van der Waals surface area contributed by atoms with Crippen LogP contribution in [-0.2, 0) is 4.74 Å². The Hall–Kier alpha value is -0.120. The van der Waals surface area contributed by atoms with Crippen LogP contribution in [0.2, 0.25) is 0 Å². The first-order valence-corrected chi connectivity index (χ1v) is 4.83. The Balaban J connectivity index is 1.72. The number of hydrogen-bond acceptors (Lipinski definition) is 3. The molecule has 70 valence electrons. The van der Waals surface area contributed by atoms with Crippen LogP contribution in [0, 0.1) is 5.92 Å². The number of rotatable bonds is 3. The fourth-order valence-corrected chi connectivity index (χ4v) is 1.59. The van der Waals surface area contributed by atoms with Crippen molar-refractivity contribution in [3.63, 3.8) is 0 Å². The molecule has 0 radical (unpaired) electrons.